The molecule has 0 unspecified atom stereocenters. The van der Waals surface area contributed by atoms with Crippen LogP contribution in [0.25, 0.3) is 0 Å². The predicted molar refractivity (Wildman–Crippen MR) is 50.1 cm³/mol. The van der Waals surface area contributed by atoms with E-state index in [0.29, 0.717) is 6.61 Å². The van der Waals surface area contributed by atoms with Crippen LogP contribution >= 0.6 is 11.6 Å². The maximum Gasteiger partial charge on any atom is 0.0672 e. The minimum absolute atomic E-state index is 0.686. The molecule has 70 valence electrons. The SMILES string of the molecule is CCON1Cc2nccc(Cl)c2C1. The van der Waals surface area contributed by atoms with Crippen LogP contribution < -0.4 is 0 Å². The Morgan fingerprint density at radius 2 is 2.46 bits per heavy atom. The molecule has 0 N–H and O–H groups in total. The Bertz CT molecular complexity index is 316. The lowest BCUT2D eigenvalue weighted by Crippen LogP contribution is -2.16. The predicted octanol–water partition coefficient (Wildman–Crippen LogP) is 2.00. The average molecular weight is 199 g/mol. The van der Waals surface area contributed by atoms with Crippen LogP contribution in [0.5, 0.6) is 0 Å². The van der Waals surface area contributed by atoms with Crippen LogP contribution in [-0.2, 0) is 17.9 Å². The first-order chi connectivity index (χ1) is 6.31. The molecule has 1 aliphatic rings. The molecule has 0 fully saturated rings. The van der Waals surface area contributed by atoms with Gasteiger partial charge in [0.25, 0.3) is 0 Å². The van der Waals surface area contributed by atoms with E-state index in [1.54, 1.807) is 6.20 Å². The number of aromatic nitrogens is 1. The summed E-state index contributed by atoms with van der Waals surface area (Å²) in [6.45, 7) is 4.14. The summed E-state index contributed by atoms with van der Waals surface area (Å²) in [5, 5.41) is 2.66. The first-order valence-electron chi connectivity index (χ1n) is 4.31. The van der Waals surface area contributed by atoms with Crippen LogP contribution in [-0.4, -0.2) is 16.7 Å². The molecule has 0 saturated heterocycles. The zero-order valence-electron chi connectivity index (χ0n) is 7.46. The molecule has 1 aliphatic heterocycles. The van der Waals surface area contributed by atoms with Crippen LogP contribution in [0.2, 0.25) is 5.02 Å². The Morgan fingerprint density at radius 3 is 3.15 bits per heavy atom. The topological polar surface area (TPSA) is 25.4 Å². The highest BCUT2D eigenvalue weighted by Crippen LogP contribution is 2.26. The van der Waals surface area contributed by atoms with Gasteiger partial charge in [0, 0.05) is 16.8 Å². The van der Waals surface area contributed by atoms with Crippen molar-refractivity contribution in [3.8, 4) is 0 Å². The maximum absolute atomic E-state index is 6.01. The Hall–Kier alpha value is -0.640. The molecular formula is C9H11ClN2O. The molecule has 1 aromatic rings. The van der Waals surface area contributed by atoms with Crippen molar-refractivity contribution in [3.05, 3.63) is 28.5 Å². The van der Waals surface area contributed by atoms with Gasteiger partial charge in [0.05, 0.1) is 25.4 Å². The Balaban J connectivity index is 2.20. The molecule has 4 heteroatoms. The molecule has 13 heavy (non-hydrogen) atoms. The third kappa shape index (κ3) is 1.68. The van der Waals surface area contributed by atoms with Gasteiger partial charge in [-0.1, -0.05) is 11.6 Å². The van der Waals surface area contributed by atoms with E-state index in [-0.39, 0.29) is 0 Å². The highest BCUT2D eigenvalue weighted by molar-refractivity contribution is 6.31. The van der Waals surface area contributed by atoms with Crippen molar-refractivity contribution in [2.75, 3.05) is 6.61 Å². The standard InChI is InChI=1S/C9H11ClN2O/c1-2-13-12-5-7-8(10)3-4-11-9(7)6-12/h3-4H,2,5-6H2,1H3. The number of hydrogen-bond donors (Lipinski definition) is 0. The molecule has 1 aromatic heterocycles. The smallest absolute Gasteiger partial charge is 0.0672 e. The van der Waals surface area contributed by atoms with Gasteiger partial charge in [-0.15, -0.1) is 0 Å². The summed E-state index contributed by atoms with van der Waals surface area (Å²) in [5.41, 5.74) is 2.12. The van der Waals surface area contributed by atoms with Crippen molar-refractivity contribution < 1.29 is 4.84 Å². The minimum Gasteiger partial charge on any atom is -0.299 e. The van der Waals surface area contributed by atoms with Crippen molar-refractivity contribution in [1.29, 1.82) is 0 Å². The Labute approximate surface area is 82.2 Å². The molecule has 0 saturated carbocycles. The second kappa shape index (κ2) is 3.62. The van der Waals surface area contributed by atoms with Gasteiger partial charge >= 0.3 is 0 Å². The molecule has 0 bridgehead atoms. The molecule has 2 rings (SSSR count). The second-order valence-electron chi connectivity index (χ2n) is 2.93. The second-order valence-corrected chi connectivity index (χ2v) is 3.34. The minimum atomic E-state index is 0.686. The van der Waals surface area contributed by atoms with Crippen LogP contribution in [0.3, 0.4) is 0 Å². The first kappa shape index (κ1) is 8.94. The van der Waals surface area contributed by atoms with E-state index in [2.05, 4.69) is 4.98 Å². The summed E-state index contributed by atoms with van der Waals surface area (Å²) in [5.74, 6) is 0. The summed E-state index contributed by atoms with van der Waals surface area (Å²) >= 11 is 6.01. The zero-order chi connectivity index (χ0) is 9.26. The van der Waals surface area contributed by atoms with E-state index in [0.717, 1.165) is 29.4 Å². The number of fused-ring (bicyclic) bond motifs is 1. The van der Waals surface area contributed by atoms with E-state index in [9.17, 15) is 0 Å². The number of hydroxylamine groups is 2. The molecule has 2 heterocycles. The fraction of sp³-hybridized carbons (Fsp3) is 0.444. The van der Waals surface area contributed by atoms with E-state index < -0.39 is 0 Å². The molecular weight excluding hydrogens is 188 g/mol. The van der Waals surface area contributed by atoms with Crippen molar-refractivity contribution >= 4 is 11.6 Å². The summed E-state index contributed by atoms with van der Waals surface area (Å²) in [4.78, 5) is 9.62. The number of pyridine rings is 1. The third-order valence-corrected chi connectivity index (χ3v) is 2.41. The molecule has 0 aliphatic carbocycles. The highest BCUT2D eigenvalue weighted by atomic mass is 35.5. The van der Waals surface area contributed by atoms with Gasteiger partial charge in [0.1, 0.15) is 0 Å². The quantitative estimate of drug-likeness (QED) is 0.727. The summed E-state index contributed by atoms with van der Waals surface area (Å²) in [7, 11) is 0. The zero-order valence-corrected chi connectivity index (χ0v) is 8.21. The number of halogens is 1. The third-order valence-electron chi connectivity index (χ3n) is 2.06. The number of nitrogens with zero attached hydrogens (tertiary/aromatic N) is 2. The van der Waals surface area contributed by atoms with Gasteiger partial charge in [0.15, 0.2) is 0 Å². The van der Waals surface area contributed by atoms with Crippen LogP contribution in [0.15, 0.2) is 12.3 Å². The molecule has 0 spiro atoms. The summed E-state index contributed by atoms with van der Waals surface area (Å²) < 4.78 is 0. The van der Waals surface area contributed by atoms with E-state index in [4.69, 9.17) is 16.4 Å². The highest BCUT2D eigenvalue weighted by Gasteiger charge is 2.22. The van der Waals surface area contributed by atoms with E-state index in [1.807, 2.05) is 18.1 Å². The number of rotatable bonds is 2. The van der Waals surface area contributed by atoms with E-state index >= 15 is 0 Å². The number of hydrogen-bond acceptors (Lipinski definition) is 3. The monoisotopic (exact) mass is 198 g/mol. The van der Waals surface area contributed by atoms with Gasteiger partial charge in [-0.25, -0.2) is 0 Å². The van der Waals surface area contributed by atoms with Gasteiger partial charge in [-0.05, 0) is 13.0 Å². The van der Waals surface area contributed by atoms with Crippen LogP contribution in [0.4, 0.5) is 0 Å². The largest absolute Gasteiger partial charge is 0.299 e. The lowest BCUT2D eigenvalue weighted by Gasteiger charge is -2.12. The molecule has 0 radical (unpaired) electrons. The maximum atomic E-state index is 6.01. The van der Waals surface area contributed by atoms with Crippen molar-refractivity contribution in [2.45, 2.75) is 20.0 Å². The lowest BCUT2D eigenvalue weighted by atomic mass is 10.2. The van der Waals surface area contributed by atoms with Crippen molar-refractivity contribution in [1.82, 2.24) is 10.0 Å². The Kier molecular flexibility index (Phi) is 2.49. The van der Waals surface area contributed by atoms with Crippen molar-refractivity contribution in [3.63, 3.8) is 0 Å². The van der Waals surface area contributed by atoms with Gasteiger partial charge < -0.3 is 0 Å². The summed E-state index contributed by atoms with van der Waals surface area (Å²) in [6.07, 6.45) is 1.73. The fourth-order valence-electron chi connectivity index (χ4n) is 1.49. The average Bonchev–Trinajstić information content (AvgIpc) is 2.49. The van der Waals surface area contributed by atoms with Crippen molar-refractivity contribution in [2.24, 2.45) is 0 Å². The Morgan fingerprint density at radius 1 is 1.62 bits per heavy atom. The van der Waals surface area contributed by atoms with Crippen LogP contribution in [0.1, 0.15) is 18.2 Å². The fourth-order valence-corrected chi connectivity index (χ4v) is 1.71. The first-order valence-corrected chi connectivity index (χ1v) is 4.69. The lowest BCUT2D eigenvalue weighted by molar-refractivity contribution is -0.161. The summed E-state index contributed by atoms with van der Waals surface area (Å²) in [6, 6.07) is 1.82. The van der Waals surface area contributed by atoms with Gasteiger partial charge in [-0.3, -0.25) is 9.82 Å². The molecule has 0 aromatic carbocycles. The molecule has 0 atom stereocenters. The normalized spacial score (nSPS) is 16.2. The van der Waals surface area contributed by atoms with Gasteiger partial charge in [0.2, 0.25) is 0 Å². The molecule has 0 amide bonds. The van der Waals surface area contributed by atoms with Crippen LogP contribution in [0, 0.1) is 0 Å². The van der Waals surface area contributed by atoms with Gasteiger partial charge in [-0.2, -0.15) is 5.06 Å². The molecule has 3 nitrogen and oxygen atoms in total. The van der Waals surface area contributed by atoms with E-state index in [1.165, 1.54) is 0 Å².